The average Bonchev–Trinajstić information content (AvgIpc) is 3.08. The molecule has 1 heterocycles. The summed E-state index contributed by atoms with van der Waals surface area (Å²) in [7, 11) is 0. The fraction of sp³-hybridized carbons (Fsp3) is 0.786. The number of likely N-dealkylation sites (tertiary alicyclic amines) is 1. The van der Waals surface area contributed by atoms with Gasteiger partial charge in [0.1, 0.15) is 11.5 Å². The summed E-state index contributed by atoms with van der Waals surface area (Å²) in [5, 5.41) is 2.53. The summed E-state index contributed by atoms with van der Waals surface area (Å²) in [6, 6.07) is -1.45. The Kier molecular flexibility index (Phi) is 4.59. The van der Waals surface area contributed by atoms with Gasteiger partial charge in [0.05, 0.1) is 0 Å². The molecule has 23 heavy (non-hydrogen) atoms. The van der Waals surface area contributed by atoms with Gasteiger partial charge in [-0.15, -0.1) is 0 Å². The van der Waals surface area contributed by atoms with Crippen molar-refractivity contribution in [2.45, 2.75) is 57.3 Å². The summed E-state index contributed by atoms with van der Waals surface area (Å²) in [6.45, 7) is 1.71. The zero-order chi connectivity index (χ0) is 17.4. The maximum absolute atomic E-state index is 13.1. The smallest absolute Gasteiger partial charge is 0.370 e. The molecule has 1 aliphatic carbocycles. The van der Waals surface area contributed by atoms with Gasteiger partial charge < -0.3 is 16.0 Å². The van der Waals surface area contributed by atoms with Crippen molar-refractivity contribution < 1.29 is 27.6 Å². The van der Waals surface area contributed by atoms with Crippen LogP contribution in [0.4, 0.5) is 13.2 Å². The molecule has 130 valence electrons. The molecule has 0 aromatic carbocycles. The lowest BCUT2D eigenvalue weighted by Gasteiger charge is -2.30. The predicted molar refractivity (Wildman–Crippen MR) is 73.9 cm³/mol. The van der Waals surface area contributed by atoms with Crippen molar-refractivity contribution in [2.75, 3.05) is 6.54 Å². The fourth-order valence-corrected chi connectivity index (χ4v) is 2.99. The van der Waals surface area contributed by atoms with Gasteiger partial charge in [0.25, 0.3) is 0 Å². The second-order valence-corrected chi connectivity index (χ2v) is 6.32. The molecule has 6 nitrogen and oxygen atoms in total. The lowest BCUT2D eigenvalue weighted by atomic mass is 10.0. The Hall–Kier alpha value is -1.80. The number of nitrogens with two attached hydrogens (primary N) is 1. The monoisotopic (exact) mass is 335 g/mol. The van der Waals surface area contributed by atoms with Gasteiger partial charge in [-0.3, -0.25) is 14.4 Å². The molecule has 0 radical (unpaired) electrons. The molecule has 3 N–H and O–H groups in total. The van der Waals surface area contributed by atoms with E-state index >= 15 is 0 Å². The van der Waals surface area contributed by atoms with Crippen molar-refractivity contribution in [1.82, 2.24) is 10.2 Å². The third-order valence-corrected chi connectivity index (χ3v) is 4.41. The number of hydrogen-bond acceptors (Lipinski definition) is 3. The van der Waals surface area contributed by atoms with E-state index in [-0.39, 0.29) is 25.8 Å². The molecule has 0 aromatic heterocycles. The molecule has 2 atom stereocenters. The Morgan fingerprint density at radius 2 is 1.96 bits per heavy atom. The van der Waals surface area contributed by atoms with Crippen LogP contribution in [0.15, 0.2) is 0 Å². The summed E-state index contributed by atoms with van der Waals surface area (Å²) in [6.07, 6.45) is -4.32. The zero-order valence-electron chi connectivity index (χ0n) is 12.8. The Balaban J connectivity index is 2.04. The lowest BCUT2D eigenvalue weighted by Crippen LogP contribution is -2.52. The maximum atomic E-state index is 13.1. The normalized spacial score (nSPS) is 24.2. The first kappa shape index (κ1) is 17.6. The van der Waals surface area contributed by atoms with E-state index in [1.807, 2.05) is 0 Å². The minimum atomic E-state index is -4.59. The highest BCUT2D eigenvalue weighted by molar-refractivity contribution is 5.92. The number of carbonyl (C=O) groups is 3. The summed E-state index contributed by atoms with van der Waals surface area (Å²) >= 11 is 0. The van der Waals surface area contributed by atoms with Crippen LogP contribution in [0.1, 0.15) is 39.0 Å². The van der Waals surface area contributed by atoms with Crippen LogP contribution in [0.3, 0.4) is 0 Å². The van der Waals surface area contributed by atoms with Crippen LogP contribution in [0.25, 0.3) is 0 Å². The van der Waals surface area contributed by atoms with Gasteiger partial charge in [0.2, 0.25) is 17.7 Å². The first-order valence-corrected chi connectivity index (χ1v) is 7.55. The van der Waals surface area contributed by atoms with E-state index in [9.17, 15) is 27.6 Å². The molecule has 0 bridgehead atoms. The molecular weight excluding hydrogens is 315 g/mol. The van der Waals surface area contributed by atoms with Crippen molar-refractivity contribution in [3.05, 3.63) is 0 Å². The number of nitrogens with zero attached hydrogens (tertiary/aromatic N) is 1. The number of halogens is 3. The van der Waals surface area contributed by atoms with E-state index in [1.54, 1.807) is 6.92 Å². The van der Waals surface area contributed by atoms with Crippen molar-refractivity contribution in [1.29, 1.82) is 0 Å². The van der Waals surface area contributed by atoms with Gasteiger partial charge in [0.15, 0.2) is 0 Å². The van der Waals surface area contributed by atoms with Crippen LogP contribution in [-0.4, -0.2) is 47.4 Å². The van der Waals surface area contributed by atoms with E-state index < -0.39 is 41.4 Å². The number of primary amides is 1. The van der Waals surface area contributed by atoms with E-state index in [4.69, 9.17) is 5.73 Å². The van der Waals surface area contributed by atoms with Crippen LogP contribution < -0.4 is 11.1 Å². The van der Waals surface area contributed by atoms with E-state index in [1.165, 1.54) is 0 Å². The third-order valence-electron chi connectivity index (χ3n) is 4.41. The zero-order valence-corrected chi connectivity index (χ0v) is 12.8. The fourth-order valence-electron chi connectivity index (χ4n) is 2.99. The molecule has 3 amide bonds. The largest absolute Gasteiger partial charge is 0.403 e. The van der Waals surface area contributed by atoms with Crippen molar-refractivity contribution in [2.24, 2.45) is 11.1 Å². The molecule has 0 unspecified atom stereocenters. The van der Waals surface area contributed by atoms with Crippen LogP contribution in [0.2, 0.25) is 0 Å². The second kappa shape index (κ2) is 6.01. The highest BCUT2D eigenvalue weighted by atomic mass is 19.4. The van der Waals surface area contributed by atoms with Gasteiger partial charge in [0, 0.05) is 19.0 Å². The van der Waals surface area contributed by atoms with Crippen molar-refractivity contribution in [3.63, 3.8) is 0 Å². The van der Waals surface area contributed by atoms with Crippen molar-refractivity contribution >= 4 is 17.7 Å². The predicted octanol–water partition coefficient (Wildman–Crippen LogP) is 0.700. The SMILES string of the molecule is C[C@H](CC(N)=O)NC(=O)[C@@H]1CCCN1C(=O)C1(C(F)(F)F)CC1. The van der Waals surface area contributed by atoms with Gasteiger partial charge >= 0.3 is 6.18 Å². The molecule has 0 spiro atoms. The minimum absolute atomic E-state index is 0.0705. The van der Waals surface area contributed by atoms with E-state index in [0.717, 1.165) is 4.90 Å². The highest BCUT2D eigenvalue weighted by Gasteiger charge is 2.70. The first-order valence-electron chi connectivity index (χ1n) is 7.55. The molecule has 0 aromatic rings. The molecule has 1 saturated carbocycles. The summed E-state index contributed by atoms with van der Waals surface area (Å²) in [5.74, 6) is -2.14. The van der Waals surface area contributed by atoms with Crippen LogP contribution in [0, 0.1) is 5.41 Å². The first-order chi connectivity index (χ1) is 10.6. The maximum Gasteiger partial charge on any atom is 0.403 e. The lowest BCUT2D eigenvalue weighted by molar-refractivity contribution is -0.199. The van der Waals surface area contributed by atoms with E-state index in [2.05, 4.69) is 5.32 Å². The number of rotatable bonds is 5. The Morgan fingerprint density at radius 1 is 1.35 bits per heavy atom. The van der Waals surface area contributed by atoms with Gasteiger partial charge in [-0.2, -0.15) is 13.2 Å². The third kappa shape index (κ3) is 3.42. The summed E-state index contributed by atoms with van der Waals surface area (Å²) in [4.78, 5) is 36.4. The molecule has 2 aliphatic rings. The Morgan fingerprint density at radius 3 is 2.43 bits per heavy atom. The average molecular weight is 335 g/mol. The number of nitrogens with one attached hydrogen (secondary N) is 1. The topological polar surface area (TPSA) is 92.5 Å². The van der Waals surface area contributed by atoms with Gasteiger partial charge in [-0.25, -0.2) is 0 Å². The highest BCUT2D eigenvalue weighted by Crippen LogP contribution is 2.59. The van der Waals surface area contributed by atoms with Crippen LogP contribution >= 0.6 is 0 Å². The van der Waals surface area contributed by atoms with E-state index in [0.29, 0.717) is 12.8 Å². The van der Waals surface area contributed by atoms with Gasteiger partial charge in [-0.1, -0.05) is 0 Å². The molecule has 9 heteroatoms. The van der Waals surface area contributed by atoms with Crippen LogP contribution in [-0.2, 0) is 14.4 Å². The molecule has 2 rings (SSSR count). The summed E-state index contributed by atoms with van der Waals surface area (Å²) < 4.78 is 39.2. The number of carbonyl (C=O) groups excluding carboxylic acids is 3. The van der Waals surface area contributed by atoms with Crippen molar-refractivity contribution in [3.8, 4) is 0 Å². The van der Waals surface area contributed by atoms with Crippen LogP contribution in [0.5, 0.6) is 0 Å². The number of alkyl halides is 3. The molecular formula is C14H20F3N3O3. The standard InChI is InChI=1S/C14H20F3N3O3/c1-8(7-10(18)21)19-11(22)9-3-2-6-20(9)12(23)13(4-5-13)14(15,16)17/h8-9H,2-7H2,1H3,(H2,18,21)(H,19,22)/t8-,9+/m1/s1. The Labute approximate surface area is 131 Å². The molecule has 1 aliphatic heterocycles. The minimum Gasteiger partial charge on any atom is -0.370 e. The van der Waals surface area contributed by atoms with Gasteiger partial charge in [-0.05, 0) is 32.6 Å². The Bertz CT molecular complexity index is 517. The quantitative estimate of drug-likeness (QED) is 0.775. The second-order valence-electron chi connectivity index (χ2n) is 6.32. The number of amides is 3. The number of hydrogen-bond donors (Lipinski definition) is 2. The molecule has 2 fully saturated rings. The summed E-state index contributed by atoms with van der Waals surface area (Å²) in [5.41, 5.74) is 2.72. The molecule has 1 saturated heterocycles.